The molecule has 0 aliphatic carbocycles. The van der Waals surface area contributed by atoms with E-state index in [9.17, 15) is 22.8 Å². The molecule has 2 aromatic carbocycles. The summed E-state index contributed by atoms with van der Waals surface area (Å²) in [4.78, 5) is 41.0. The first-order valence-electron chi connectivity index (χ1n) is 15.2. The molecule has 2 aliphatic heterocycles. The number of nitrogens with zero attached hydrogens (tertiary/aromatic N) is 5. The largest absolute Gasteiger partial charge is 0.466 e. The summed E-state index contributed by atoms with van der Waals surface area (Å²) in [5, 5.41) is 0.624. The third-order valence-electron chi connectivity index (χ3n) is 8.33. The predicted octanol–water partition coefficient (Wildman–Crippen LogP) is 6.15. The Kier molecular flexibility index (Phi) is 10.2. The minimum absolute atomic E-state index is 0.0927. The lowest BCUT2D eigenvalue weighted by Gasteiger charge is -2.37. The number of anilines is 2. The van der Waals surface area contributed by atoms with Crippen molar-refractivity contribution in [1.29, 1.82) is 0 Å². The lowest BCUT2D eigenvalue weighted by molar-refractivity contribution is -0.149. The minimum Gasteiger partial charge on any atom is -0.466 e. The van der Waals surface area contributed by atoms with Gasteiger partial charge in [0.2, 0.25) is 0 Å². The van der Waals surface area contributed by atoms with Gasteiger partial charge in [0.25, 0.3) is 5.91 Å². The van der Waals surface area contributed by atoms with Crippen LogP contribution in [0, 0.1) is 19.8 Å². The van der Waals surface area contributed by atoms with Crippen molar-refractivity contribution in [3.8, 4) is 0 Å². The molecule has 2 saturated heterocycles. The minimum atomic E-state index is -4.37. The van der Waals surface area contributed by atoms with Gasteiger partial charge in [-0.25, -0.2) is 9.97 Å². The zero-order chi connectivity index (χ0) is 32.1. The van der Waals surface area contributed by atoms with Crippen molar-refractivity contribution >= 4 is 35.1 Å². The van der Waals surface area contributed by atoms with Crippen LogP contribution in [0.2, 0.25) is 0 Å². The van der Waals surface area contributed by atoms with Crippen LogP contribution in [-0.2, 0) is 21.5 Å². The number of hydrogen-bond donors (Lipinski definition) is 0. The average molecular weight is 642 g/mol. The Morgan fingerprint density at radius 3 is 2.44 bits per heavy atom. The summed E-state index contributed by atoms with van der Waals surface area (Å²) < 4.78 is 44.9. The van der Waals surface area contributed by atoms with Gasteiger partial charge in [-0.05, 0) is 69.5 Å². The topological polar surface area (TPSA) is 78.9 Å². The molecule has 0 saturated carbocycles. The van der Waals surface area contributed by atoms with Crippen molar-refractivity contribution in [3.63, 3.8) is 0 Å². The van der Waals surface area contributed by atoms with Gasteiger partial charge in [-0.15, -0.1) is 0 Å². The summed E-state index contributed by atoms with van der Waals surface area (Å²) in [7, 11) is 0. The number of aryl methyl sites for hydroxylation is 1. The number of carbonyl (C=O) groups excluding carboxylic acids is 2. The van der Waals surface area contributed by atoms with E-state index in [1.807, 2.05) is 36.9 Å². The number of benzene rings is 2. The second-order valence-electron chi connectivity index (χ2n) is 11.4. The van der Waals surface area contributed by atoms with E-state index in [-0.39, 0.29) is 17.8 Å². The molecule has 0 bridgehead atoms. The molecular formula is C33H38F3N5O3S. The van der Waals surface area contributed by atoms with Gasteiger partial charge in [0.05, 0.1) is 18.1 Å². The fourth-order valence-electron chi connectivity index (χ4n) is 5.76. The number of likely N-dealkylation sites (tertiary alicyclic amines) is 1. The molecule has 45 heavy (non-hydrogen) atoms. The Morgan fingerprint density at radius 1 is 0.978 bits per heavy atom. The van der Waals surface area contributed by atoms with Gasteiger partial charge in [0.15, 0.2) is 5.16 Å². The van der Waals surface area contributed by atoms with Crippen molar-refractivity contribution in [1.82, 2.24) is 14.9 Å². The Hall–Kier alpha value is -3.80. The highest BCUT2D eigenvalue weighted by atomic mass is 32.2. The van der Waals surface area contributed by atoms with E-state index in [4.69, 9.17) is 14.7 Å². The normalized spacial score (nSPS) is 17.4. The van der Waals surface area contributed by atoms with Gasteiger partial charge in [-0.1, -0.05) is 30.0 Å². The first-order chi connectivity index (χ1) is 21.5. The van der Waals surface area contributed by atoms with Crippen LogP contribution in [-0.4, -0.2) is 72.6 Å². The van der Waals surface area contributed by atoms with Crippen molar-refractivity contribution in [2.75, 3.05) is 55.7 Å². The molecule has 2 fully saturated rings. The number of esters is 1. The number of ether oxygens (including phenoxy) is 1. The summed E-state index contributed by atoms with van der Waals surface area (Å²) in [5.74, 6) is 0.771. The Morgan fingerprint density at radius 2 is 1.71 bits per heavy atom. The second-order valence-corrected chi connectivity index (χ2v) is 12.3. The highest BCUT2D eigenvalue weighted by Crippen LogP contribution is 2.33. The molecule has 1 amide bonds. The Balaban J connectivity index is 1.22. The number of rotatable bonds is 8. The molecule has 12 heteroatoms. The van der Waals surface area contributed by atoms with Gasteiger partial charge < -0.3 is 19.4 Å². The quantitative estimate of drug-likeness (QED) is 0.165. The number of halogens is 3. The predicted molar refractivity (Wildman–Crippen MR) is 169 cm³/mol. The summed E-state index contributed by atoms with van der Waals surface area (Å²) in [6.07, 6.45) is -2.89. The summed E-state index contributed by atoms with van der Waals surface area (Å²) in [6, 6.07) is 13.0. The molecule has 2 aliphatic rings. The van der Waals surface area contributed by atoms with E-state index in [2.05, 4.69) is 4.90 Å². The maximum atomic E-state index is 13.3. The monoisotopic (exact) mass is 641 g/mol. The molecule has 8 nitrogen and oxygen atoms in total. The Labute approximate surface area is 266 Å². The van der Waals surface area contributed by atoms with Crippen molar-refractivity contribution < 1.29 is 27.5 Å². The fraction of sp³-hybridized carbons (Fsp3) is 0.455. The summed E-state index contributed by atoms with van der Waals surface area (Å²) in [5.41, 5.74) is 3.31. The molecule has 3 heterocycles. The first-order valence-corrected chi connectivity index (χ1v) is 16.2. The maximum Gasteiger partial charge on any atom is 0.416 e. The molecule has 1 atom stereocenters. The summed E-state index contributed by atoms with van der Waals surface area (Å²) in [6.45, 7) is 9.41. The van der Waals surface area contributed by atoms with E-state index >= 15 is 0 Å². The van der Waals surface area contributed by atoms with Crippen LogP contribution in [0.5, 0.6) is 0 Å². The number of carbonyl (C=O) groups is 2. The Bertz CT molecular complexity index is 1530. The average Bonchev–Trinajstić information content (AvgIpc) is 3.05. The molecule has 0 radical (unpaired) electrons. The van der Waals surface area contributed by atoms with Crippen LogP contribution < -0.4 is 9.80 Å². The third-order valence-corrected chi connectivity index (χ3v) is 9.25. The number of piperidine rings is 1. The number of hydrogen-bond acceptors (Lipinski definition) is 8. The fourth-order valence-corrected chi connectivity index (χ4v) is 6.58. The molecule has 240 valence electrons. The van der Waals surface area contributed by atoms with Gasteiger partial charge in [-0.2, -0.15) is 13.2 Å². The van der Waals surface area contributed by atoms with Gasteiger partial charge in [0.1, 0.15) is 5.82 Å². The van der Waals surface area contributed by atoms with Crippen LogP contribution >= 0.6 is 11.8 Å². The maximum absolute atomic E-state index is 13.3. The number of piperazine rings is 1. The van der Waals surface area contributed by atoms with Gasteiger partial charge in [-0.3, -0.25) is 9.59 Å². The molecule has 1 aromatic heterocycles. The molecule has 5 rings (SSSR count). The lowest BCUT2D eigenvalue weighted by Crippen LogP contribution is -2.47. The van der Waals surface area contributed by atoms with E-state index in [1.54, 1.807) is 24.0 Å². The SMILES string of the molecule is CCOC(=O)C1CCCN(C(=O)c2cccc(CSc3nc(C)c(C)c(N4CCN(c5cccc(C(F)(F)F)c5)CC4)n3)c2)C1. The number of thioether (sulfide) groups is 1. The van der Waals surface area contributed by atoms with Crippen molar-refractivity contribution in [2.45, 2.75) is 50.7 Å². The molecular weight excluding hydrogens is 603 g/mol. The highest BCUT2D eigenvalue weighted by Gasteiger charge is 2.32. The van der Waals surface area contributed by atoms with Crippen LogP contribution in [0.3, 0.4) is 0 Å². The van der Waals surface area contributed by atoms with E-state index in [0.717, 1.165) is 41.5 Å². The van der Waals surface area contributed by atoms with Crippen LogP contribution in [0.25, 0.3) is 0 Å². The van der Waals surface area contributed by atoms with Crippen molar-refractivity contribution in [3.05, 3.63) is 76.5 Å². The summed E-state index contributed by atoms with van der Waals surface area (Å²) >= 11 is 1.49. The van der Waals surface area contributed by atoms with Gasteiger partial charge in [0, 0.05) is 67.5 Å². The van der Waals surface area contributed by atoms with E-state index < -0.39 is 11.7 Å². The number of alkyl halides is 3. The smallest absolute Gasteiger partial charge is 0.416 e. The van der Waals surface area contributed by atoms with Crippen LogP contribution in [0.1, 0.15) is 52.5 Å². The van der Waals surface area contributed by atoms with E-state index in [0.29, 0.717) is 68.0 Å². The zero-order valence-electron chi connectivity index (χ0n) is 25.8. The number of aromatic nitrogens is 2. The molecule has 1 unspecified atom stereocenters. The van der Waals surface area contributed by atoms with Crippen molar-refractivity contribution in [2.24, 2.45) is 5.92 Å². The third kappa shape index (κ3) is 7.89. The number of amides is 1. The lowest BCUT2D eigenvalue weighted by atomic mass is 9.97. The first kappa shape index (κ1) is 32.6. The zero-order valence-corrected chi connectivity index (χ0v) is 26.6. The van der Waals surface area contributed by atoms with Crippen LogP contribution in [0.4, 0.5) is 24.7 Å². The van der Waals surface area contributed by atoms with Gasteiger partial charge >= 0.3 is 12.1 Å². The molecule has 0 N–H and O–H groups in total. The van der Waals surface area contributed by atoms with E-state index in [1.165, 1.54) is 23.9 Å². The standard InChI is InChI=1S/C33H38F3N5O3S/c1-4-44-31(43)26-10-7-13-41(20-26)30(42)25-9-5-8-24(18-25)21-45-32-37-23(3)22(2)29(38-32)40-16-14-39(15-17-40)28-12-6-11-27(19-28)33(34,35)36/h5-6,8-9,11-12,18-19,26H,4,7,10,13-17,20-21H2,1-3H3. The second kappa shape index (κ2) is 14.1. The van der Waals surface area contributed by atoms with Crippen LogP contribution in [0.15, 0.2) is 53.7 Å². The molecule has 3 aromatic rings. The highest BCUT2D eigenvalue weighted by molar-refractivity contribution is 7.98. The molecule has 0 spiro atoms.